The molecule has 0 saturated carbocycles. The Balaban J connectivity index is 1.68. The summed E-state index contributed by atoms with van der Waals surface area (Å²) in [5.74, 6) is 0.449. The van der Waals surface area contributed by atoms with E-state index in [9.17, 15) is 4.79 Å². The van der Waals surface area contributed by atoms with Gasteiger partial charge in [-0.3, -0.25) is 4.79 Å². The lowest BCUT2D eigenvalue weighted by Gasteiger charge is -2.20. The predicted molar refractivity (Wildman–Crippen MR) is 87.3 cm³/mol. The summed E-state index contributed by atoms with van der Waals surface area (Å²) in [7, 11) is 0. The lowest BCUT2D eigenvalue weighted by Crippen LogP contribution is -2.32. The highest BCUT2D eigenvalue weighted by Crippen LogP contribution is 2.33. The van der Waals surface area contributed by atoms with Gasteiger partial charge in [0.2, 0.25) is 5.91 Å². The number of anilines is 3. The molecular formula is C15H15BrN4O. The van der Waals surface area contributed by atoms with Crippen molar-refractivity contribution in [1.29, 1.82) is 0 Å². The minimum Gasteiger partial charge on any atom is -0.397 e. The second-order valence-electron chi connectivity index (χ2n) is 4.94. The summed E-state index contributed by atoms with van der Waals surface area (Å²) >= 11 is 3.31. The molecule has 0 aliphatic carbocycles. The molecule has 0 atom stereocenters. The number of halogens is 1. The van der Waals surface area contributed by atoms with Crippen LogP contribution in [-0.4, -0.2) is 24.0 Å². The van der Waals surface area contributed by atoms with Gasteiger partial charge in [-0.1, -0.05) is 12.1 Å². The van der Waals surface area contributed by atoms with Gasteiger partial charge in [0.05, 0.1) is 17.9 Å². The van der Waals surface area contributed by atoms with Gasteiger partial charge in [0.1, 0.15) is 5.82 Å². The number of nitrogens with one attached hydrogen (secondary N) is 1. The van der Waals surface area contributed by atoms with Crippen LogP contribution in [0, 0.1) is 0 Å². The van der Waals surface area contributed by atoms with Crippen molar-refractivity contribution in [3.8, 4) is 0 Å². The SMILES string of the molecule is Nc1cccc2c1N(CC(=O)Nc1ccc(Br)cn1)CC2. The first-order valence-corrected chi connectivity index (χ1v) is 7.46. The first kappa shape index (κ1) is 13.9. The topological polar surface area (TPSA) is 71.2 Å². The van der Waals surface area contributed by atoms with Crippen LogP contribution in [0.1, 0.15) is 5.56 Å². The van der Waals surface area contributed by atoms with Crippen molar-refractivity contribution < 1.29 is 4.79 Å². The van der Waals surface area contributed by atoms with E-state index in [-0.39, 0.29) is 12.5 Å². The van der Waals surface area contributed by atoms with Crippen LogP contribution in [0.2, 0.25) is 0 Å². The third-order valence-electron chi connectivity index (χ3n) is 3.45. The number of rotatable bonds is 3. The molecule has 0 fully saturated rings. The van der Waals surface area contributed by atoms with Crippen LogP contribution in [0.4, 0.5) is 17.2 Å². The van der Waals surface area contributed by atoms with Crippen molar-refractivity contribution in [3.05, 3.63) is 46.6 Å². The molecule has 0 spiro atoms. The number of nitrogens with two attached hydrogens (primary N) is 1. The second-order valence-corrected chi connectivity index (χ2v) is 5.85. The molecule has 0 bridgehead atoms. The number of nitrogen functional groups attached to an aromatic ring is 1. The van der Waals surface area contributed by atoms with Gasteiger partial charge < -0.3 is 16.0 Å². The minimum absolute atomic E-state index is 0.0964. The Bertz CT molecular complexity index is 672. The Kier molecular flexibility index (Phi) is 3.79. The molecule has 3 N–H and O–H groups in total. The molecule has 2 heterocycles. The Morgan fingerprint density at radius 1 is 1.38 bits per heavy atom. The number of aromatic nitrogens is 1. The zero-order valence-corrected chi connectivity index (χ0v) is 12.9. The smallest absolute Gasteiger partial charge is 0.245 e. The van der Waals surface area contributed by atoms with E-state index >= 15 is 0 Å². The lowest BCUT2D eigenvalue weighted by molar-refractivity contribution is -0.115. The number of hydrogen-bond donors (Lipinski definition) is 2. The highest BCUT2D eigenvalue weighted by Gasteiger charge is 2.23. The molecule has 0 unspecified atom stereocenters. The van der Waals surface area contributed by atoms with Crippen LogP contribution >= 0.6 is 15.9 Å². The quantitative estimate of drug-likeness (QED) is 0.837. The number of hydrogen-bond acceptors (Lipinski definition) is 4. The number of carbonyl (C=O) groups excluding carboxylic acids is 1. The molecule has 0 saturated heterocycles. The number of fused-ring (bicyclic) bond motifs is 1. The average molecular weight is 347 g/mol. The van der Waals surface area contributed by atoms with Crippen LogP contribution in [-0.2, 0) is 11.2 Å². The molecule has 1 aromatic carbocycles. The summed E-state index contributed by atoms with van der Waals surface area (Å²) in [5.41, 5.74) is 8.92. The van der Waals surface area contributed by atoms with Gasteiger partial charge in [0.15, 0.2) is 0 Å². The van der Waals surface area contributed by atoms with E-state index in [1.165, 1.54) is 5.56 Å². The fourth-order valence-electron chi connectivity index (χ4n) is 2.53. The van der Waals surface area contributed by atoms with Crippen LogP contribution in [0.3, 0.4) is 0 Å². The molecular weight excluding hydrogens is 332 g/mol. The molecule has 21 heavy (non-hydrogen) atoms. The van der Waals surface area contributed by atoms with E-state index in [4.69, 9.17) is 5.73 Å². The summed E-state index contributed by atoms with van der Waals surface area (Å²) in [6, 6.07) is 9.47. The van der Waals surface area contributed by atoms with E-state index in [1.54, 1.807) is 12.3 Å². The van der Waals surface area contributed by atoms with Gasteiger partial charge >= 0.3 is 0 Å². The number of amides is 1. The average Bonchev–Trinajstić information content (AvgIpc) is 2.86. The lowest BCUT2D eigenvalue weighted by atomic mass is 10.1. The van der Waals surface area contributed by atoms with Crippen molar-refractivity contribution in [2.24, 2.45) is 0 Å². The van der Waals surface area contributed by atoms with Gasteiger partial charge in [0, 0.05) is 17.2 Å². The predicted octanol–water partition coefficient (Wildman–Crippen LogP) is 2.43. The maximum Gasteiger partial charge on any atom is 0.245 e. The zero-order chi connectivity index (χ0) is 14.8. The van der Waals surface area contributed by atoms with E-state index in [0.717, 1.165) is 28.8 Å². The Morgan fingerprint density at radius 2 is 2.24 bits per heavy atom. The van der Waals surface area contributed by atoms with E-state index in [0.29, 0.717) is 5.82 Å². The zero-order valence-electron chi connectivity index (χ0n) is 11.3. The summed E-state index contributed by atoms with van der Waals surface area (Å²) in [5, 5.41) is 2.79. The summed E-state index contributed by atoms with van der Waals surface area (Å²) in [6.45, 7) is 1.09. The third-order valence-corrected chi connectivity index (χ3v) is 3.92. The van der Waals surface area contributed by atoms with Gasteiger partial charge in [-0.2, -0.15) is 0 Å². The van der Waals surface area contributed by atoms with Gasteiger partial charge in [-0.15, -0.1) is 0 Å². The first-order chi connectivity index (χ1) is 10.1. The second kappa shape index (κ2) is 5.73. The number of benzene rings is 1. The van der Waals surface area contributed by atoms with Gasteiger partial charge in [-0.05, 0) is 46.1 Å². The van der Waals surface area contributed by atoms with E-state index in [2.05, 4.69) is 32.3 Å². The van der Waals surface area contributed by atoms with Crippen molar-refractivity contribution in [1.82, 2.24) is 4.98 Å². The number of nitrogens with zero attached hydrogens (tertiary/aromatic N) is 2. The third kappa shape index (κ3) is 3.00. The Hall–Kier alpha value is -2.08. The molecule has 2 aromatic rings. The Morgan fingerprint density at radius 3 is 3.00 bits per heavy atom. The monoisotopic (exact) mass is 346 g/mol. The van der Waals surface area contributed by atoms with Crippen molar-refractivity contribution in [3.63, 3.8) is 0 Å². The van der Waals surface area contributed by atoms with Gasteiger partial charge in [-0.25, -0.2) is 4.98 Å². The van der Waals surface area contributed by atoms with Crippen molar-refractivity contribution >= 4 is 39.0 Å². The number of pyridine rings is 1. The fraction of sp³-hybridized carbons (Fsp3) is 0.200. The maximum atomic E-state index is 12.1. The first-order valence-electron chi connectivity index (χ1n) is 6.67. The highest BCUT2D eigenvalue weighted by atomic mass is 79.9. The molecule has 1 aliphatic rings. The minimum atomic E-state index is -0.0964. The summed E-state index contributed by atoms with van der Waals surface area (Å²) in [6.07, 6.45) is 2.57. The van der Waals surface area contributed by atoms with E-state index < -0.39 is 0 Å². The molecule has 1 amide bonds. The highest BCUT2D eigenvalue weighted by molar-refractivity contribution is 9.10. The maximum absolute atomic E-state index is 12.1. The van der Waals surface area contributed by atoms with Crippen LogP contribution < -0.4 is 16.0 Å². The molecule has 6 heteroatoms. The van der Waals surface area contributed by atoms with Crippen LogP contribution in [0.5, 0.6) is 0 Å². The molecule has 1 aromatic heterocycles. The standard InChI is InChI=1S/C15H15BrN4O/c16-11-4-5-13(18-8-11)19-14(21)9-20-7-6-10-2-1-3-12(17)15(10)20/h1-5,8H,6-7,9,17H2,(H,18,19,21). The molecule has 5 nitrogen and oxygen atoms in total. The molecule has 1 aliphatic heterocycles. The van der Waals surface area contributed by atoms with Crippen LogP contribution in [0.25, 0.3) is 0 Å². The van der Waals surface area contributed by atoms with Crippen molar-refractivity contribution in [2.75, 3.05) is 29.0 Å². The van der Waals surface area contributed by atoms with Gasteiger partial charge in [0.25, 0.3) is 0 Å². The summed E-state index contributed by atoms with van der Waals surface area (Å²) in [4.78, 5) is 18.3. The normalized spacial score (nSPS) is 13.1. The van der Waals surface area contributed by atoms with Crippen LogP contribution in [0.15, 0.2) is 41.0 Å². The largest absolute Gasteiger partial charge is 0.397 e. The summed E-state index contributed by atoms with van der Waals surface area (Å²) < 4.78 is 0.877. The molecule has 108 valence electrons. The molecule has 0 radical (unpaired) electrons. The Labute approximate surface area is 131 Å². The number of carbonyl (C=O) groups is 1. The number of para-hydroxylation sites is 1. The van der Waals surface area contributed by atoms with Crippen molar-refractivity contribution in [2.45, 2.75) is 6.42 Å². The van der Waals surface area contributed by atoms with E-state index in [1.807, 2.05) is 23.1 Å². The molecule has 3 rings (SSSR count). The fourth-order valence-corrected chi connectivity index (χ4v) is 2.76.